The van der Waals surface area contributed by atoms with Crippen LogP contribution in [0.25, 0.3) is 0 Å². The maximum atomic E-state index is 12.0. The van der Waals surface area contributed by atoms with Crippen molar-refractivity contribution in [3.05, 3.63) is 93.5 Å². The maximum absolute atomic E-state index is 12.0. The van der Waals surface area contributed by atoms with E-state index in [1.54, 1.807) is 30.3 Å². The second-order valence-corrected chi connectivity index (χ2v) is 8.18. The van der Waals surface area contributed by atoms with Crippen molar-refractivity contribution in [1.29, 1.82) is 0 Å². The quantitative estimate of drug-likeness (QED) is 0.232. The molecule has 2 N–H and O–H groups in total. The first-order valence-corrected chi connectivity index (χ1v) is 11.7. The molecule has 0 saturated carbocycles. The number of carbonyl (C=O) groups excluding carboxylic acids is 2. The molecule has 0 radical (unpaired) electrons. The molecule has 0 unspecified atom stereocenters. The molecule has 0 heterocycles. The molecule has 0 saturated heterocycles. The predicted molar refractivity (Wildman–Crippen MR) is 137 cm³/mol. The third kappa shape index (κ3) is 8.31. The van der Waals surface area contributed by atoms with E-state index in [0.717, 1.165) is 11.1 Å². The Morgan fingerprint density at radius 3 is 2.43 bits per heavy atom. The summed E-state index contributed by atoms with van der Waals surface area (Å²) in [4.78, 5) is 23.9. The van der Waals surface area contributed by atoms with E-state index in [4.69, 9.17) is 32.7 Å². The summed E-state index contributed by atoms with van der Waals surface area (Å²) in [6.07, 6.45) is 2.04. The topological polar surface area (TPSA) is 89.0 Å². The largest absolute Gasteiger partial charge is 0.490 e. The Bertz CT molecular complexity index is 1190. The maximum Gasteiger partial charge on any atom is 0.329 e. The lowest BCUT2D eigenvalue weighted by atomic mass is 10.1. The van der Waals surface area contributed by atoms with Crippen LogP contribution in [0.2, 0.25) is 10.0 Å². The van der Waals surface area contributed by atoms with Gasteiger partial charge in [0, 0.05) is 6.54 Å². The number of rotatable bonds is 10. The number of ether oxygens (including phenoxy) is 2. The highest BCUT2D eigenvalue weighted by Crippen LogP contribution is 2.30. The van der Waals surface area contributed by atoms with Gasteiger partial charge in [-0.15, -0.1) is 0 Å². The fraction of sp³-hybridized carbons (Fsp3) is 0.192. The van der Waals surface area contributed by atoms with Gasteiger partial charge in [-0.3, -0.25) is 9.59 Å². The van der Waals surface area contributed by atoms with Crippen LogP contribution in [0.3, 0.4) is 0 Å². The number of hydrogen-bond acceptors (Lipinski definition) is 5. The molecule has 2 amide bonds. The molecule has 0 aromatic heterocycles. The summed E-state index contributed by atoms with van der Waals surface area (Å²) in [5.41, 5.74) is 4.81. The molecule has 3 aromatic carbocycles. The number of hydrazone groups is 1. The minimum absolute atomic E-state index is 0.278. The van der Waals surface area contributed by atoms with Crippen molar-refractivity contribution in [3.8, 4) is 11.5 Å². The molecule has 9 heteroatoms. The van der Waals surface area contributed by atoms with Gasteiger partial charge in [-0.25, -0.2) is 5.43 Å². The van der Waals surface area contributed by atoms with Crippen LogP contribution in [0, 0.1) is 0 Å². The number of amides is 2. The lowest BCUT2D eigenvalue weighted by Crippen LogP contribution is -2.38. The van der Waals surface area contributed by atoms with Gasteiger partial charge < -0.3 is 14.8 Å². The van der Waals surface area contributed by atoms with Gasteiger partial charge in [0.15, 0.2) is 11.5 Å². The van der Waals surface area contributed by atoms with E-state index in [1.165, 1.54) is 6.21 Å². The van der Waals surface area contributed by atoms with Crippen molar-refractivity contribution in [3.63, 3.8) is 0 Å². The molecule has 35 heavy (non-hydrogen) atoms. The number of nitrogens with one attached hydrogen (secondary N) is 2. The molecule has 7 nitrogen and oxygen atoms in total. The first kappa shape index (κ1) is 26.1. The van der Waals surface area contributed by atoms with E-state index in [1.807, 2.05) is 43.3 Å². The van der Waals surface area contributed by atoms with Crippen LogP contribution < -0.4 is 20.2 Å². The molecule has 182 valence electrons. The van der Waals surface area contributed by atoms with Gasteiger partial charge in [-0.05, 0) is 60.4 Å². The minimum Gasteiger partial charge on any atom is -0.490 e. The van der Waals surface area contributed by atoms with Crippen LogP contribution in [0.15, 0.2) is 71.8 Å². The Morgan fingerprint density at radius 2 is 1.69 bits per heavy atom. The van der Waals surface area contributed by atoms with Crippen LogP contribution in [0.5, 0.6) is 11.5 Å². The monoisotopic (exact) mass is 513 g/mol. The third-order valence-electron chi connectivity index (χ3n) is 4.77. The molecule has 0 fully saturated rings. The average molecular weight is 514 g/mol. The summed E-state index contributed by atoms with van der Waals surface area (Å²) in [6.45, 7) is 2.92. The molecule has 0 aliphatic heterocycles. The van der Waals surface area contributed by atoms with Gasteiger partial charge in [0.25, 0.3) is 0 Å². The van der Waals surface area contributed by atoms with E-state index < -0.39 is 11.8 Å². The van der Waals surface area contributed by atoms with Crippen LogP contribution >= 0.6 is 23.2 Å². The number of nitrogens with zero attached hydrogens (tertiary/aromatic N) is 1. The molecule has 0 aliphatic carbocycles. The Labute approximate surface area is 214 Å². The van der Waals surface area contributed by atoms with Crippen LogP contribution in [0.4, 0.5) is 0 Å². The number of hydrogen-bond donors (Lipinski definition) is 2. The van der Waals surface area contributed by atoms with Gasteiger partial charge in [-0.1, -0.05) is 59.6 Å². The molecule has 0 spiro atoms. The van der Waals surface area contributed by atoms with Crippen molar-refractivity contribution in [2.75, 3.05) is 13.2 Å². The Hall–Kier alpha value is -3.55. The lowest BCUT2D eigenvalue weighted by molar-refractivity contribution is -0.139. The zero-order valence-corrected chi connectivity index (χ0v) is 20.6. The minimum atomic E-state index is -0.846. The highest BCUT2D eigenvalue weighted by Gasteiger charge is 2.12. The van der Waals surface area contributed by atoms with Crippen molar-refractivity contribution >= 4 is 41.2 Å². The molecule has 3 rings (SSSR count). The van der Waals surface area contributed by atoms with Gasteiger partial charge in [0.1, 0.15) is 6.61 Å². The molecule has 0 aliphatic rings. The molecular weight excluding hydrogens is 489 g/mol. The van der Waals surface area contributed by atoms with Gasteiger partial charge >= 0.3 is 11.8 Å². The van der Waals surface area contributed by atoms with E-state index in [9.17, 15) is 9.59 Å². The standard InChI is InChI=1S/C26H25Cl2N3O4/c1-2-34-24-15-19(9-11-23(24)35-17-20-8-10-21(27)22(28)14-20)16-30-31-26(33)25(32)29-13-12-18-6-4-3-5-7-18/h3-11,14-16H,2,12-13,17H2,1H3,(H,29,32)(H,31,33)/b30-16-. The van der Waals surface area contributed by atoms with Crippen molar-refractivity contribution in [2.45, 2.75) is 20.0 Å². The summed E-state index contributed by atoms with van der Waals surface area (Å²) in [6, 6.07) is 20.2. The predicted octanol–water partition coefficient (Wildman–Crippen LogP) is 4.78. The second kappa shape index (κ2) is 13.4. The molecule has 0 atom stereocenters. The summed E-state index contributed by atoms with van der Waals surface area (Å²) >= 11 is 12.0. The second-order valence-electron chi connectivity index (χ2n) is 7.37. The lowest BCUT2D eigenvalue weighted by Gasteiger charge is -2.13. The molecular formula is C26H25Cl2N3O4. The molecule has 0 bridgehead atoms. The number of benzene rings is 3. The van der Waals surface area contributed by atoms with E-state index >= 15 is 0 Å². The fourth-order valence-corrected chi connectivity index (χ4v) is 3.37. The van der Waals surface area contributed by atoms with Gasteiger partial charge in [0.05, 0.1) is 22.9 Å². The zero-order chi connectivity index (χ0) is 25.0. The first-order chi connectivity index (χ1) is 17.0. The van der Waals surface area contributed by atoms with E-state index in [0.29, 0.717) is 46.7 Å². The third-order valence-corrected chi connectivity index (χ3v) is 5.51. The molecule has 3 aromatic rings. The zero-order valence-electron chi connectivity index (χ0n) is 19.1. The Kier molecular flexibility index (Phi) is 9.95. The average Bonchev–Trinajstić information content (AvgIpc) is 2.86. The van der Waals surface area contributed by atoms with E-state index in [2.05, 4.69) is 15.8 Å². The van der Waals surface area contributed by atoms with Crippen LogP contribution in [0.1, 0.15) is 23.6 Å². The summed E-state index contributed by atoms with van der Waals surface area (Å²) in [5.74, 6) is -0.543. The first-order valence-electron chi connectivity index (χ1n) is 10.9. The summed E-state index contributed by atoms with van der Waals surface area (Å²) in [7, 11) is 0. The fourth-order valence-electron chi connectivity index (χ4n) is 3.04. The highest BCUT2D eigenvalue weighted by molar-refractivity contribution is 6.42. The van der Waals surface area contributed by atoms with Gasteiger partial charge in [-0.2, -0.15) is 5.10 Å². The SMILES string of the molecule is CCOc1cc(/C=N\NC(=O)C(=O)NCCc2ccccc2)ccc1OCc1ccc(Cl)c(Cl)c1. The van der Waals surface area contributed by atoms with Crippen LogP contribution in [-0.4, -0.2) is 31.2 Å². The Morgan fingerprint density at radius 1 is 0.886 bits per heavy atom. The highest BCUT2D eigenvalue weighted by atomic mass is 35.5. The van der Waals surface area contributed by atoms with E-state index in [-0.39, 0.29) is 6.61 Å². The summed E-state index contributed by atoms with van der Waals surface area (Å²) in [5, 5.41) is 7.36. The van der Waals surface area contributed by atoms with Crippen molar-refractivity contribution in [1.82, 2.24) is 10.7 Å². The van der Waals surface area contributed by atoms with Crippen molar-refractivity contribution < 1.29 is 19.1 Å². The Balaban J connectivity index is 1.52. The van der Waals surface area contributed by atoms with Crippen LogP contribution in [-0.2, 0) is 22.6 Å². The smallest absolute Gasteiger partial charge is 0.329 e. The van der Waals surface area contributed by atoms with Crippen molar-refractivity contribution in [2.24, 2.45) is 5.10 Å². The normalized spacial score (nSPS) is 10.7. The number of halogens is 2. The van der Waals surface area contributed by atoms with Gasteiger partial charge in [0.2, 0.25) is 0 Å². The number of carbonyl (C=O) groups is 2. The summed E-state index contributed by atoms with van der Waals surface area (Å²) < 4.78 is 11.5.